The van der Waals surface area contributed by atoms with Gasteiger partial charge in [-0.2, -0.15) is 5.10 Å². The van der Waals surface area contributed by atoms with Crippen LogP contribution in [-0.4, -0.2) is 45.7 Å². The van der Waals surface area contributed by atoms with Gasteiger partial charge in [-0.3, -0.25) is 14.9 Å². The molecule has 0 saturated carbocycles. The molecule has 2 aliphatic rings. The second-order valence-corrected chi connectivity index (χ2v) is 7.27. The van der Waals surface area contributed by atoms with Crippen LogP contribution in [0.25, 0.3) is 0 Å². The zero-order chi connectivity index (χ0) is 17.4. The Labute approximate surface area is 146 Å². The van der Waals surface area contributed by atoms with Crippen LogP contribution >= 0.6 is 0 Å². The molecule has 2 aromatic rings. The Hall–Kier alpha value is -1.79. The molecule has 1 aliphatic carbocycles. The summed E-state index contributed by atoms with van der Waals surface area (Å²) in [5.41, 5.74) is 4.49. The number of H-pyrrole nitrogens is 1. The second-order valence-electron chi connectivity index (χ2n) is 7.27. The first kappa shape index (κ1) is 16.7. The third-order valence-electron chi connectivity index (χ3n) is 5.50. The molecule has 1 unspecified atom stereocenters. The van der Waals surface area contributed by atoms with Crippen LogP contribution in [-0.2, 0) is 25.9 Å². The molecule has 1 aliphatic heterocycles. The average Bonchev–Trinajstić information content (AvgIpc) is 3.17. The first-order valence-electron chi connectivity index (χ1n) is 9.05. The number of nitrogens with zero attached hydrogens (tertiary/aromatic N) is 3. The SMILES string of the molecule is CC1CN(Cc2n[nH]c3c2CCC3)CCN1Cc1ccc(F)cc1F. The van der Waals surface area contributed by atoms with Crippen LogP contribution in [0.3, 0.4) is 0 Å². The molecule has 0 bridgehead atoms. The highest BCUT2D eigenvalue weighted by atomic mass is 19.1. The van der Waals surface area contributed by atoms with Gasteiger partial charge in [-0.1, -0.05) is 6.07 Å². The topological polar surface area (TPSA) is 35.2 Å². The lowest BCUT2D eigenvalue weighted by molar-refractivity contribution is 0.0716. The van der Waals surface area contributed by atoms with Crippen LogP contribution in [0, 0.1) is 11.6 Å². The molecule has 4 rings (SSSR count). The van der Waals surface area contributed by atoms with Crippen molar-refractivity contribution in [1.82, 2.24) is 20.0 Å². The van der Waals surface area contributed by atoms with Gasteiger partial charge in [0.05, 0.1) is 5.69 Å². The van der Waals surface area contributed by atoms with Gasteiger partial charge in [-0.05, 0) is 37.8 Å². The second kappa shape index (κ2) is 6.84. The molecule has 1 fully saturated rings. The van der Waals surface area contributed by atoms with Gasteiger partial charge >= 0.3 is 0 Å². The lowest BCUT2D eigenvalue weighted by atomic mass is 10.1. The normalized spacial score (nSPS) is 21.6. The number of hydrogen-bond donors (Lipinski definition) is 1. The van der Waals surface area contributed by atoms with Gasteiger partial charge in [0.1, 0.15) is 11.6 Å². The van der Waals surface area contributed by atoms with Crippen molar-refractivity contribution >= 4 is 0 Å². The quantitative estimate of drug-likeness (QED) is 0.925. The number of hydrogen-bond acceptors (Lipinski definition) is 3. The van der Waals surface area contributed by atoms with Crippen LogP contribution in [0.15, 0.2) is 18.2 Å². The summed E-state index contributed by atoms with van der Waals surface area (Å²) < 4.78 is 27.0. The van der Waals surface area contributed by atoms with Crippen molar-refractivity contribution in [3.8, 4) is 0 Å². The minimum atomic E-state index is -0.523. The van der Waals surface area contributed by atoms with Crippen LogP contribution in [0.2, 0.25) is 0 Å². The molecule has 1 aromatic carbocycles. The monoisotopic (exact) mass is 346 g/mol. The molecule has 0 radical (unpaired) electrons. The van der Waals surface area contributed by atoms with Gasteiger partial charge in [0, 0.05) is 56.1 Å². The van der Waals surface area contributed by atoms with Gasteiger partial charge in [0.2, 0.25) is 0 Å². The van der Waals surface area contributed by atoms with Crippen LogP contribution in [0.5, 0.6) is 0 Å². The zero-order valence-corrected chi connectivity index (χ0v) is 14.6. The van der Waals surface area contributed by atoms with E-state index in [-0.39, 0.29) is 0 Å². The van der Waals surface area contributed by atoms with Gasteiger partial charge in [-0.25, -0.2) is 8.78 Å². The number of aryl methyl sites for hydroxylation is 1. The summed E-state index contributed by atoms with van der Waals surface area (Å²) in [7, 11) is 0. The van der Waals surface area contributed by atoms with E-state index in [2.05, 4.69) is 26.9 Å². The number of piperazine rings is 1. The fourth-order valence-electron chi connectivity index (χ4n) is 4.05. The number of fused-ring (bicyclic) bond motifs is 1. The molecule has 1 saturated heterocycles. The summed E-state index contributed by atoms with van der Waals surface area (Å²) in [6.07, 6.45) is 3.49. The Bertz CT molecular complexity index is 758. The molecule has 0 amide bonds. The van der Waals surface area contributed by atoms with Gasteiger partial charge in [0.25, 0.3) is 0 Å². The Morgan fingerprint density at radius 1 is 1.20 bits per heavy atom. The summed E-state index contributed by atoms with van der Waals surface area (Å²) >= 11 is 0. The van der Waals surface area contributed by atoms with E-state index in [0.29, 0.717) is 18.2 Å². The number of halogens is 2. The van der Waals surface area contributed by atoms with Crippen LogP contribution < -0.4 is 0 Å². The molecule has 0 spiro atoms. The Morgan fingerprint density at radius 2 is 2.08 bits per heavy atom. The Kier molecular flexibility index (Phi) is 4.56. The standard InChI is InChI=1S/C19H24F2N4/c1-13-10-24(12-19-16-3-2-4-18(16)22-23-19)7-8-25(13)11-14-5-6-15(20)9-17(14)21/h5-6,9,13H,2-4,7-8,10-12H2,1H3,(H,22,23). The summed E-state index contributed by atoms with van der Waals surface area (Å²) in [6, 6.07) is 4.17. The molecule has 134 valence electrons. The highest BCUT2D eigenvalue weighted by Crippen LogP contribution is 2.25. The molecular weight excluding hydrogens is 322 g/mol. The lowest BCUT2D eigenvalue weighted by Gasteiger charge is -2.39. The maximum Gasteiger partial charge on any atom is 0.130 e. The van der Waals surface area contributed by atoms with E-state index in [1.54, 1.807) is 6.07 Å². The van der Waals surface area contributed by atoms with Crippen molar-refractivity contribution < 1.29 is 8.78 Å². The number of benzene rings is 1. The fourth-order valence-corrected chi connectivity index (χ4v) is 4.05. The number of rotatable bonds is 4. The highest BCUT2D eigenvalue weighted by molar-refractivity contribution is 5.29. The first-order valence-corrected chi connectivity index (χ1v) is 9.05. The maximum atomic E-state index is 13.9. The van der Waals surface area contributed by atoms with Crippen molar-refractivity contribution in [1.29, 1.82) is 0 Å². The maximum absolute atomic E-state index is 13.9. The third kappa shape index (κ3) is 3.46. The molecular formula is C19H24F2N4. The third-order valence-corrected chi connectivity index (χ3v) is 5.50. The van der Waals surface area contributed by atoms with E-state index in [0.717, 1.165) is 45.1 Å². The molecule has 1 N–H and O–H groups in total. The van der Waals surface area contributed by atoms with Crippen LogP contribution in [0.4, 0.5) is 8.78 Å². The summed E-state index contributed by atoms with van der Waals surface area (Å²) in [5.74, 6) is -0.979. The number of aromatic nitrogens is 2. The van der Waals surface area contributed by atoms with Gasteiger partial charge in [-0.15, -0.1) is 0 Å². The van der Waals surface area contributed by atoms with Gasteiger partial charge in [0.15, 0.2) is 0 Å². The smallest absolute Gasteiger partial charge is 0.130 e. The predicted molar refractivity (Wildman–Crippen MR) is 92.1 cm³/mol. The van der Waals surface area contributed by atoms with Crippen molar-refractivity contribution in [2.75, 3.05) is 19.6 Å². The molecule has 1 atom stereocenters. The van der Waals surface area contributed by atoms with E-state index in [1.807, 2.05) is 0 Å². The van der Waals surface area contributed by atoms with Crippen molar-refractivity contribution in [3.05, 3.63) is 52.3 Å². The van der Waals surface area contributed by atoms with E-state index < -0.39 is 11.6 Å². The first-order chi connectivity index (χ1) is 12.1. The minimum absolute atomic E-state index is 0.324. The minimum Gasteiger partial charge on any atom is -0.295 e. The van der Waals surface area contributed by atoms with Crippen molar-refractivity contribution in [2.24, 2.45) is 0 Å². The van der Waals surface area contributed by atoms with Gasteiger partial charge < -0.3 is 0 Å². The van der Waals surface area contributed by atoms with E-state index in [9.17, 15) is 8.78 Å². The Morgan fingerprint density at radius 3 is 2.88 bits per heavy atom. The van der Waals surface area contributed by atoms with E-state index >= 15 is 0 Å². The summed E-state index contributed by atoms with van der Waals surface area (Å²) in [4.78, 5) is 4.69. The van der Waals surface area contributed by atoms with E-state index in [4.69, 9.17) is 0 Å². The largest absolute Gasteiger partial charge is 0.295 e. The molecule has 1 aromatic heterocycles. The fraction of sp³-hybridized carbons (Fsp3) is 0.526. The number of nitrogens with one attached hydrogen (secondary N) is 1. The van der Waals surface area contributed by atoms with Crippen molar-refractivity contribution in [3.63, 3.8) is 0 Å². The zero-order valence-electron chi connectivity index (χ0n) is 14.6. The van der Waals surface area contributed by atoms with Crippen LogP contribution in [0.1, 0.15) is 35.9 Å². The lowest BCUT2D eigenvalue weighted by Crippen LogP contribution is -2.51. The molecule has 4 nitrogen and oxygen atoms in total. The molecule has 25 heavy (non-hydrogen) atoms. The highest BCUT2D eigenvalue weighted by Gasteiger charge is 2.26. The summed E-state index contributed by atoms with van der Waals surface area (Å²) in [6.45, 7) is 6.33. The summed E-state index contributed by atoms with van der Waals surface area (Å²) in [5, 5.41) is 7.68. The van der Waals surface area contributed by atoms with E-state index in [1.165, 1.54) is 29.4 Å². The molecule has 2 heterocycles. The Balaban J connectivity index is 1.37. The number of aromatic amines is 1. The average molecular weight is 346 g/mol. The molecule has 6 heteroatoms. The van der Waals surface area contributed by atoms with Crippen molar-refractivity contribution in [2.45, 2.75) is 45.3 Å². The predicted octanol–water partition coefficient (Wildman–Crippen LogP) is 2.88.